The van der Waals surface area contributed by atoms with E-state index in [0.717, 1.165) is 0 Å². The van der Waals surface area contributed by atoms with Crippen molar-refractivity contribution in [1.29, 1.82) is 0 Å². The van der Waals surface area contributed by atoms with E-state index in [0.29, 0.717) is 0 Å². The molecule has 10 aromatic rings. The summed E-state index contributed by atoms with van der Waals surface area (Å²) in [5.41, 5.74) is 15.6. The third kappa shape index (κ3) is 4.00. The Bertz CT molecular complexity index is 2740. The highest BCUT2D eigenvalue weighted by Crippen LogP contribution is 2.45. The van der Waals surface area contributed by atoms with E-state index in [1.165, 1.54) is 131 Å². The van der Waals surface area contributed by atoms with E-state index in [-0.39, 0.29) is 0 Å². The molecule has 0 unspecified atom stereocenters. The summed E-state index contributed by atoms with van der Waals surface area (Å²) in [6.45, 7) is 13.5. The molecule has 0 aliphatic heterocycles. The summed E-state index contributed by atoms with van der Waals surface area (Å²) >= 11 is 0. The molecule has 0 saturated heterocycles. The summed E-state index contributed by atoms with van der Waals surface area (Å²) in [4.78, 5) is 0. The van der Waals surface area contributed by atoms with Gasteiger partial charge in [0.1, 0.15) is 0 Å². The summed E-state index contributed by atoms with van der Waals surface area (Å²) in [5, 5.41) is 16.4. The van der Waals surface area contributed by atoms with Gasteiger partial charge in [0.15, 0.2) is 0 Å². The van der Waals surface area contributed by atoms with Gasteiger partial charge in [-0.15, -0.1) is 0 Å². The lowest BCUT2D eigenvalue weighted by Crippen LogP contribution is -1.93. The molecule has 10 rings (SSSR count). The Hall–Kier alpha value is -5.72. The molecule has 0 aliphatic rings. The molecule has 10 aromatic carbocycles. The average molecular weight is 639 g/mol. The fourth-order valence-electron chi connectivity index (χ4n) is 9.28. The third-order valence-corrected chi connectivity index (χ3v) is 11.8. The highest BCUT2D eigenvalue weighted by Gasteiger charge is 2.18. The van der Waals surface area contributed by atoms with Gasteiger partial charge in [0.2, 0.25) is 0 Å². The first-order chi connectivity index (χ1) is 24.3. The number of aryl methyl sites for hydroxylation is 6. The molecule has 50 heavy (non-hydrogen) atoms. The van der Waals surface area contributed by atoms with E-state index in [1.54, 1.807) is 0 Å². The molecule has 0 heterocycles. The minimum Gasteiger partial charge on any atom is -0.0551 e. The van der Waals surface area contributed by atoms with Crippen LogP contribution in [0.15, 0.2) is 121 Å². The Labute approximate surface area is 293 Å². The summed E-state index contributed by atoms with van der Waals surface area (Å²) in [6, 6.07) is 46.4. The molecule has 0 atom stereocenters. The van der Waals surface area contributed by atoms with Crippen LogP contribution in [0, 0.1) is 41.5 Å². The zero-order chi connectivity index (χ0) is 34.0. The number of hydrogen-bond donors (Lipinski definition) is 0. The van der Waals surface area contributed by atoms with Gasteiger partial charge in [-0.05, 0) is 173 Å². The predicted octanol–water partition coefficient (Wildman–Crippen LogP) is 14.3. The van der Waals surface area contributed by atoms with Crippen LogP contribution in [0.1, 0.15) is 33.4 Å². The average Bonchev–Trinajstić information content (AvgIpc) is 3.13. The fraction of sp³-hybridized carbons (Fsp3) is 0.120. The molecule has 0 saturated carbocycles. The standard InChI is InChI=1S/C50H38/c1-27-23-29(3)39-19-21-43-45(25-31(5)41-17-15-37(27)47(39)49(41)43)35-11-7-33(8-12-35)34-9-13-36(14-10-34)46-26-32(6)42-18-16-38-28(2)24-30(4)40-20-22-44(46)50(42)48(38)40/h7-26H,1-6H3. The largest absolute Gasteiger partial charge is 0.0551 e. The van der Waals surface area contributed by atoms with Crippen LogP contribution in [0.5, 0.6) is 0 Å². The van der Waals surface area contributed by atoms with Gasteiger partial charge >= 0.3 is 0 Å². The zero-order valence-corrected chi connectivity index (χ0v) is 29.5. The van der Waals surface area contributed by atoms with Gasteiger partial charge in [-0.2, -0.15) is 0 Å². The van der Waals surface area contributed by atoms with Crippen molar-refractivity contribution in [2.75, 3.05) is 0 Å². The first-order valence-electron chi connectivity index (χ1n) is 17.8. The van der Waals surface area contributed by atoms with Crippen molar-refractivity contribution < 1.29 is 0 Å². The van der Waals surface area contributed by atoms with Gasteiger partial charge in [-0.25, -0.2) is 0 Å². The highest BCUT2D eigenvalue weighted by atomic mass is 14.2. The van der Waals surface area contributed by atoms with E-state index in [1.807, 2.05) is 0 Å². The van der Waals surface area contributed by atoms with Crippen molar-refractivity contribution in [3.63, 3.8) is 0 Å². The maximum atomic E-state index is 2.38. The number of rotatable bonds is 3. The molecule has 0 aromatic heterocycles. The monoisotopic (exact) mass is 638 g/mol. The van der Waals surface area contributed by atoms with Gasteiger partial charge in [-0.1, -0.05) is 121 Å². The van der Waals surface area contributed by atoms with Crippen LogP contribution in [-0.2, 0) is 0 Å². The van der Waals surface area contributed by atoms with Gasteiger partial charge in [0, 0.05) is 0 Å². The van der Waals surface area contributed by atoms with E-state index in [4.69, 9.17) is 0 Å². The van der Waals surface area contributed by atoms with Crippen molar-refractivity contribution in [2.24, 2.45) is 0 Å². The summed E-state index contributed by atoms with van der Waals surface area (Å²) < 4.78 is 0. The minimum atomic E-state index is 1.23. The van der Waals surface area contributed by atoms with Crippen LogP contribution < -0.4 is 0 Å². The molecule has 0 nitrogen and oxygen atoms in total. The van der Waals surface area contributed by atoms with Crippen LogP contribution in [-0.4, -0.2) is 0 Å². The topological polar surface area (TPSA) is 0 Å². The van der Waals surface area contributed by atoms with Gasteiger partial charge in [0.25, 0.3) is 0 Å². The summed E-state index contributed by atoms with van der Waals surface area (Å²) in [7, 11) is 0. The first kappa shape index (κ1) is 29.2. The molecule has 0 fully saturated rings. The van der Waals surface area contributed by atoms with Gasteiger partial charge < -0.3 is 0 Å². The number of benzene rings is 10. The second-order valence-electron chi connectivity index (χ2n) is 14.8. The lowest BCUT2D eigenvalue weighted by Gasteiger charge is -2.19. The number of hydrogen-bond acceptors (Lipinski definition) is 0. The van der Waals surface area contributed by atoms with Crippen LogP contribution in [0.25, 0.3) is 98.0 Å². The molecular formula is C50H38. The van der Waals surface area contributed by atoms with Crippen LogP contribution >= 0.6 is 0 Å². The molecule has 238 valence electrons. The lowest BCUT2D eigenvalue weighted by atomic mass is 9.85. The van der Waals surface area contributed by atoms with Crippen molar-refractivity contribution in [2.45, 2.75) is 41.5 Å². The van der Waals surface area contributed by atoms with Crippen molar-refractivity contribution >= 4 is 64.6 Å². The second-order valence-corrected chi connectivity index (χ2v) is 14.8. The van der Waals surface area contributed by atoms with Gasteiger partial charge in [-0.3, -0.25) is 0 Å². The highest BCUT2D eigenvalue weighted by molar-refractivity contribution is 6.28. The Morgan fingerprint density at radius 1 is 0.220 bits per heavy atom. The summed E-state index contributed by atoms with van der Waals surface area (Å²) in [6.07, 6.45) is 0. The maximum Gasteiger partial charge on any atom is -0.00177 e. The molecule has 0 radical (unpaired) electrons. The van der Waals surface area contributed by atoms with E-state index in [9.17, 15) is 0 Å². The Kier molecular flexibility index (Phi) is 6.07. The molecule has 0 spiro atoms. The predicted molar refractivity (Wildman–Crippen MR) is 219 cm³/mol. The lowest BCUT2D eigenvalue weighted by molar-refractivity contribution is 1.45. The van der Waals surface area contributed by atoms with E-state index >= 15 is 0 Å². The normalized spacial score (nSPS) is 12.2. The zero-order valence-electron chi connectivity index (χ0n) is 29.5. The van der Waals surface area contributed by atoms with E-state index in [2.05, 4.69) is 163 Å². The maximum absolute atomic E-state index is 2.38. The van der Waals surface area contributed by atoms with Crippen LogP contribution in [0.2, 0.25) is 0 Å². The third-order valence-electron chi connectivity index (χ3n) is 11.8. The van der Waals surface area contributed by atoms with Crippen LogP contribution in [0.3, 0.4) is 0 Å². The van der Waals surface area contributed by atoms with E-state index < -0.39 is 0 Å². The molecular weight excluding hydrogens is 601 g/mol. The first-order valence-corrected chi connectivity index (χ1v) is 17.8. The quantitative estimate of drug-likeness (QED) is 0.169. The van der Waals surface area contributed by atoms with Crippen molar-refractivity contribution in [3.05, 3.63) is 155 Å². The Balaban J connectivity index is 1.05. The summed E-state index contributed by atoms with van der Waals surface area (Å²) in [5.74, 6) is 0. The van der Waals surface area contributed by atoms with Crippen molar-refractivity contribution in [3.8, 4) is 33.4 Å². The molecule has 0 N–H and O–H groups in total. The smallest absolute Gasteiger partial charge is 0.00177 e. The molecule has 0 heteroatoms. The molecule has 0 amide bonds. The SMILES string of the molecule is Cc1cc(C)c2ccc3c(-c4ccc(-c5ccc(-c6cc(C)c7ccc8c(C)cc(C)c9ccc6c7c89)cc5)cc4)cc(C)c4ccc1c2c43. The minimum absolute atomic E-state index is 1.23. The second kappa shape index (κ2) is 10.4. The Morgan fingerprint density at radius 2 is 0.440 bits per heavy atom. The Morgan fingerprint density at radius 3 is 0.740 bits per heavy atom. The fourth-order valence-corrected chi connectivity index (χ4v) is 9.28. The van der Waals surface area contributed by atoms with Crippen molar-refractivity contribution in [1.82, 2.24) is 0 Å². The molecule has 0 aliphatic carbocycles. The van der Waals surface area contributed by atoms with Gasteiger partial charge in [0.05, 0.1) is 0 Å². The van der Waals surface area contributed by atoms with Crippen LogP contribution in [0.4, 0.5) is 0 Å². The molecule has 0 bridgehead atoms.